The summed E-state index contributed by atoms with van der Waals surface area (Å²) in [5.74, 6) is -0.172. The van der Waals surface area contributed by atoms with Crippen molar-refractivity contribution in [1.29, 1.82) is 0 Å². The molecule has 1 heterocycles. The molecular weight excluding hydrogens is 508 g/mol. The van der Waals surface area contributed by atoms with Crippen LogP contribution in [0.1, 0.15) is 32.6 Å². The van der Waals surface area contributed by atoms with Crippen LogP contribution in [0.3, 0.4) is 0 Å². The summed E-state index contributed by atoms with van der Waals surface area (Å²) in [6.07, 6.45) is 1.64. The molecule has 0 spiro atoms. The van der Waals surface area contributed by atoms with Gasteiger partial charge in [-0.3, -0.25) is 4.79 Å². The minimum atomic E-state index is -0.412. The van der Waals surface area contributed by atoms with Crippen molar-refractivity contribution >= 4 is 40.6 Å². The van der Waals surface area contributed by atoms with Crippen LogP contribution in [0.4, 0.5) is 21.9 Å². The van der Waals surface area contributed by atoms with Crippen LogP contribution in [0.25, 0.3) is 0 Å². The van der Waals surface area contributed by atoms with E-state index in [0.29, 0.717) is 28.5 Å². The summed E-state index contributed by atoms with van der Waals surface area (Å²) in [5, 5.41) is 9.31. The maximum atomic E-state index is 13.5. The summed E-state index contributed by atoms with van der Waals surface area (Å²) in [6.45, 7) is 3.95. The molecule has 3 N–H and O–H groups in total. The lowest BCUT2D eigenvalue weighted by Crippen LogP contribution is -2.33. The molecule has 0 radical (unpaired) electrons. The molecule has 0 saturated carbocycles. The van der Waals surface area contributed by atoms with E-state index in [1.807, 2.05) is 61.5 Å². The summed E-state index contributed by atoms with van der Waals surface area (Å²) in [7, 11) is 0. The van der Waals surface area contributed by atoms with Crippen LogP contribution in [-0.2, 0) is 19.4 Å². The quantitative estimate of drug-likeness (QED) is 0.241. The number of nitrogens with one attached hydrogen (secondary N) is 3. The van der Waals surface area contributed by atoms with Crippen molar-refractivity contribution in [2.24, 2.45) is 0 Å². The van der Waals surface area contributed by atoms with Crippen molar-refractivity contribution in [2.45, 2.75) is 26.3 Å². The molecule has 3 amide bonds. The zero-order chi connectivity index (χ0) is 27.2. The highest BCUT2D eigenvalue weighted by molar-refractivity contribution is 6.31. The van der Waals surface area contributed by atoms with Gasteiger partial charge in [-0.2, -0.15) is 0 Å². The number of amides is 3. The zero-order valence-electron chi connectivity index (χ0n) is 21.8. The van der Waals surface area contributed by atoms with Crippen molar-refractivity contribution in [3.63, 3.8) is 0 Å². The number of urea groups is 1. The van der Waals surface area contributed by atoms with Crippen LogP contribution in [0.5, 0.6) is 0 Å². The van der Waals surface area contributed by atoms with Gasteiger partial charge in [-0.05, 0) is 72.4 Å². The average molecular weight is 539 g/mol. The molecule has 7 heteroatoms. The van der Waals surface area contributed by atoms with Crippen molar-refractivity contribution in [3.8, 4) is 0 Å². The zero-order valence-corrected chi connectivity index (χ0v) is 22.6. The summed E-state index contributed by atoms with van der Waals surface area (Å²) < 4.78 is 0. The Morgan fingerprint density at radius 3 is 2.31 bits per heavy atom. The lowest BCUT2D eigenvalue weighted by Gasteiger charge is -2.32. The standard InChI is InChI=1S/C32H31ClN4O2/c1-22-11-12-27(20-29(22)33)36-32(39)35-26-13-14-30(37-18-16-24-9-5-6-10-25(24)21-37)28(19-26)31(38)34-17-15-23-7-3-2-4-8-23/h2-14,19-20H,15-18,21H2,1H3,(H,34,38)(H2,35,36,39). The smallest absolute Gasteiger partial charge is 0.323 e. The van der Waals surface area contributed by atoms with E-state index in [-0.39, 0.29) is 5.91 Å². The molecule has 0 unspecified atom stereocenters. The van der Waals surface area contributed by atoms with E-state index < -0.39 is 6.03 Å². The van der Waals surface area contributed by atoms with Gasteiger partial charge in [-0.1, -0.05) is 72.3 Å². The predicted octanol–water partition coefficient (Wildman–Crippen LogP) is 6.83. The fourth-order valence-electron chi connectivity index (χ4n) is 4.80. The van der Waals surface area contributed by atoms with Crippen LogP contribution in [0, 0.1) is 6.92 Å². The van der Waals surface area contributed by atoms with E-state index in [9.17, 15) is 9.59 Å². The van der Waals surface area contributed by atoms with Gasteiger partial charge in [0.1, 0.15) is 0 Å². The number of anilines is 3. The first kappa shape index (κ1) is 26.3. The lowest BCUT2D eigenvalue weighted by molar-refractivity contribution is 0.0954. The third-order valence-electron chi connectivity index (χ3n) is 6.94. The highest BCUT2D eigenvalue weighted by Gasteiger charge is 2.22. The molecule has 1 aliphatic rings. The normalized spacial score (nSPS) is 12.4. The summed E-state index contributed by atoms with van der Waals surface area (Å²) >= 11 is 6.20. The SMILES string of the molecule is Cc1ccc(NC(=O)Nc2ccc(N3CCc4ccccc4C3)c(C(=O)NCCc3ccccc3)c2)cc1Cl. The Bertz CT molecular complexity index is 1490. The Balaban J connectivity index is 1.35. The molecule has 0 aromatic heterocycles. The molecule has 6 nitrogen and oxygen atoms in total. The topological polar surface area (TPSA) is 73.5 Å². The van der Waals surface area contributed by atoms with E-state index in [0.717, 1.165) is 42.7 Å². The van der Waals surface area contributed by atoms with Gasteiger partial charge >= 0.3 is 6.03 Å². The van der Waals surface area contributed by atoms with Crippen LogP contribution >= 0.6 is 11.6 Å². The molecule has 0 saturated heterocycles. The number of carbonyl (C=O) groups excluding carboxylic acids is 2. The summed E-state index contributed by atoms with van der Waals surface area (Å²) in [4.78, 5) is 28.4. The second kappa shape index (κ2) is 12.0. The third kappa shape index (κ3) is 6.59. The first-order valence-electron chi connectivity index (χ1n) is 13.1. The molecule has 0 bridgehead atoms. The molecule has 39 heavy (non-hydrogen) atoms. The van der Waals surface area contributed by atoms with Crippen LogP contribution in [-0.4, -0.2) is 25.0 Å². The largest absolute Gasteiger partial charge is 0.366 e. The number of halogens is 1. The highest BCUT2D eigenvalue weighted by atomic mass is 35.5. The van der Waals surface area contributed by atoms with E-state index >= 15 is 0 Å². The van der Waals surface area contributed by atoms with Gasteiger partial charge in [0.15, 0.2) is 0 Å². The molecule has 0 atom stereocenters. The first-order chi connectivity index (χ1) is 19.0. The van der Waals surface area contributed by atoms with E-state index in [1.165, 1.54) is 11.1 Å². The Kier molecular flexibility index (Phi) is 8.13. The van der Waals surface area contributed by atoms with Gasteiger partial charge in [0.2, 0.25) is 0 Å². The molecule has 198 valence electrons. The minimum Gasteiger partial charge on any atom is -0.366 e. The number of fused-ring (bicyclic) bond motifs is 1. The number of benzene rings is 4. The Labute approximate surface area is 234 Å². The number of hydrogen-bond donors (Lipinski definition) is 3. The highest BCUT2D eigenvalue weighted by Crippen LogP contribution is 2.30. The van der Waals surface area contributed by atoms with Crippen molar-refractivity contribution < 1.29 is 9.59 Å². The number of carbonyl (C=O) groups is 2. The predicted molar refractivity (Wildman–Crippen MR) is 159 cm³/mol. The van der Waals surface area contributed by atoms with Crippen LogP contribution in [0.15, 0.2) is 91.0 Å². The fraction of sp³-hybridized carbons (Fsp3) is 0.188. The van der Waals surface area contributed by atoms with E-state index in [4.69, 9.17) is 11.6 Å². The number of aryl methyl sites for hydroxylation is 1. The molecular formula is C32H31ClN4O2. The second-order valence-corrected chi connectivity index (χ2v) is 10.1. The first-order valence-corrected chi connectivity index (χ1v) is 13.5. The summed E-state index contributed by atoms with van der Waals surface area (Å²) in [5.41, 5.74) is 7.18. The maximum absolute atomic E-state index is 13.5. The number of hydrogen-bond acceptors (Lipinski definition) is 3. The maximum Gasteiger partial charge on any atom is 0.323 e. The Morgan fingerprint density at radius 2 is 1.54 bits per heavy atom. The van der Waals surface area contributed by atoms with Gasteiger partial charge in [-0.25, -0.2) is 4.79 Å². The van der Waals surface area contributed by atoms with Gasteiger partial charge in [0, 0.05) is 41.7 Å². The minimum absolute atomic E-state index is 0.172. The van der Waals surface area contributed by atoms with Crippen LogP contribution < -0.4 is 20.9 Å². The monoisotopic (exact) mass is 538 g/mol. The van der Waals surface area contributed by atoms with Crippen molar-refractivity contribution in [3.05, 3.63) is 124 Å². The molecule has 0 aliphatic carbocycles. The molecule has 1 aliphatic heterocycles. The lowest BCUT2D eigenvalue weighted by atomic mass is 9.98. The van der Waals surface area contributed by atoms with Gasteiger partial charge in [0.25, 0.3) is 5.91 Å². The van der Waals surface area contributed by atoms with Crippen molar-refractivity contribution in [2.75, 3.05) is 28.6 Å². The van der Waals surface area contributed by atoms with Crippen LogP contribution in [0.2, 0.25) is 5.02 Å². The fourth-order valence-corrected chi connectivity index (χ4v) is 4.98. The number of rotatable bonds is 7. The summed E-state index contributed by atoms with van der Waals surface area (Å²) in [6, 6.07) is 28.9. The van der Waals surface area contributed by atoms with E-state index in [1.54, 1.807) is 18.2 Å². The average Bonchev–Trinajstić information content (AvgIpc) is 2.95. The van der Waals surface area contributed by atoms with E-state index in [2.05, 4.69) is 39.0 Å². The molecule has 0 fully saturated rings. The van der Waals surface area contributed by atoms with Gasteiger partial charge < -0.3 is 20.9 Å². The second-order valence-electron chi connectivity index (χ2n) is 9.71. The Morgan fingerprint density at radius 1 is 0.846 bits per heavy atom. The molecule has 4 aromatic carbocycles. The van der Waals surface area contributed by atoms with Crippen molar-refractivity contribution in [1.82, 2.24) is 5.32 Å². The van der Waals surface area contributed by atoms with Gasteiger partial charge in [0.05, 0.1) is 5.56 Å². The number of nitrogens with zero attached hydrogens (tertiary/aromatic N) is 1. The molecule has 4 aromatic rings. The molecule has 5 rings (SSSR count). The Hall–Kier alpha value is -4.29. The third-order valence-corrected chi connectivity index (χ3v) is 7.35. The van der Waals surface area contributed by atoms with Gasteiger partial charge in [-0.15, -0.1) is 0 Å².